The Balaban J connectivity index is 1.81. The van der Waals surface area contributed by atoms with Crippen molar-refractivity contribution in [3.63, 3.8) is 0 Å². The average Bonchev–Trinajstić information content (AvgIpc) is 3.12. The van der Waals surface area contributed by atoms with E-state index >= 15 is 0 Å². The molecule has 0 radical (unpaired) electrons. The predicted octanol–water partition coefficient (Wildman–Crippen LogP) is 2.67. The second kappa shape index (κ2) is 6.82. The summed E-state index contributed by atoms with van der Waals surface area (Å²) in [5, 5.41) is 8.94. The summed E-state index contributed by atoms with van der Waals surface area (Å²) in [7, 11) is -1.94. The summed E-state index contributed by atoms with van der Waals surface area (Å²) < 4.78 is 40.2. The molecule has 0 aromatic heterocycles. The van der Waals surface area contributed by atoms with Gasteiger partial charge in [-0.2, -0.15) is 9.57 Å². The van der Waals surface area contributed by atoms with Crippen LogP contribution in [-0.2, 0) is 10.0 Å². The van der Waals surface area contributed by atoms with Gasteiger partial charge in [-0.25, -0.2) is 12.8 Å². The fraction of sp³-hybridized carbons (Fsp3) is 0.278. The van der Waals surface area contributed by atoms with E-state index in [4.69, 9.17) is 5.26 Å². The third-order valence-electron chi connectivity index (χ3n) is 4.48. The van der Waals surface area contributed by atoms with E-state index in [-0.39, 0.29) is 16.8 Å². The van der Waals surface area contributed by atoms with Gasteiger partial charge in [-0.1, -0.05) is 24.3 Å². The van der Waals surface area contributed by atoms with Crippen molar-refractivity contribution in [2.75, 3.05) is 20.1 Å². The Bertz CT molecular complexity index is 907. The Hall–Kier alpha value is -2.43. The average molecular weight is 359 g/mol. The first-order valence-electron chi connectivity index (χ1n) is 7.90. The van der Waals surface area contributed by atoms with Crippen LogP contribution in [0.3, 0.4) is 0 Å². The molecule has 130 valence electrons. The molecule has 1 atom stereocenters. The molecule has 1 aliphatic rings. The van der Waals surface area contributed by atoms with Crippen molar-refractivity contribution in [1.29, 1.82) is 5.26 Å². The first-order valence-corrected chi connectivity index (χ1v) is 9.34. The Morgan fingerprint density at radius 1 is 1.20 bits per heavy atom. The lowest BCUT2D eigenvalue weighted by Crippen LogP contribution is -2.34. The SMILES string of the molecule is CN(C#N)C1CCN(S(=O)(=O)c2ccc(-c3cccc(F)c3)cc2)C1. The van der Waals surface area contributed by atoms with Crippen LogP contribution in [0.1, 0.15) is 6.42 Å². The van der Waals surface area contributed by atoms with Crippen molar-refractivity contribution in [1.82, 2.24) is 9.21 Å². The van der Waals surface area contributed by atoms with Gasteiger partial charge in [-0.3, -0.25) is 0 Å². The van der Waals surface area contributed by atoms with Crippen LogP contribution in [0.15, 0.2) is 53.4 Å². The van der Waals surface area contributed by atoms with Crippen LogP contribution >= 0.6 is 0 Å². The van der Waals surface area contributed by atoms with Crippen LogP contribution in [0.2, 0.25) is 0 Å². The highest BCUT2D eigenvalue weighted by atomic mass is 32.2. The molecule has 1 fully saturated rings. The fourth-order valence-electron chi connectivity index (χ4n) is 2.96. The molecule has 1 saturated heterocycles. The van der Waals surface area contributed by atoms with Crippen LogP contribution < -0.4 is 0 Å². The van der Waals surface area contributed by atoms with E-state index in [1.807, 2.05) is 6.19 Å². The van der Waals surface area contributed by atoms with Gasteiger partial charge in [0.2, 0.25) is 10.0 Å². The van der Waals surface area contributed by atoms with Crippen molar-refractivity contribution in [3.05, 3.63) is 54.3 Å². The molecule has 2 aromatic rings. The lowest BCUT2D eigenvalue weighted by molar-refractivity contribution is 0.349. The van der Waals surface area contributed by atoms with E-state index in [2.05, 4.69) is 0 Å². The van der Waals surface area contributed by atoms with Crippen LogP contribution in [0, 0.1) is 17.3 Å². The lowest BCUT2D eigenvalue weighted by atomic mass is 10.1. The van der Waals surface area contributed by atoms with Crippen molar-refractivity contribution < 1.29 is 12.8 Å². The number of hydrogen-bond donors (Lipinski definition) is 0. The maximum atomic E-state index is 13.3. The quantitative estimate of drug-likeness (QED) is 0.622. The molecule has 0 amide bonds. The van der Waals surface area contributed by atoms with E-state index in [0.717, 1.165) is 5.56 Å². The molecule has 0 saturated carbocycles. The smallest absolute Gasteiger partial charge is 0.243 e. The molecule has 0 bridgehead atoms. The molecule has 0 N–H and O–H groups in total. The van der Waals surface area contributed by atoms with Gasteiger partial charge in [0.05, 0.1) is 10.9 Å². The number of rotatable bonds is 4. The summed E-state index contributed by atoms with van der Waals surface area (Å²) in [6, 6.07) is 12.5. The molecule has 25 heavy (non-hydrogen) atoms. The minimum absolute atomic E-state index is 0.0913. The molecule has 1 heterocycles. The van der Waals surface area contributed by atoms with Crippen LogP contribution in [-0.4, -0.2) is 43.8 Å². The Morgan fingerprint density at radius 3 is 2.56 bits per heavy atom. The second-order valence-corrected chi connectivity index (χ2v) is 7.99. The van der Waals surface area contributed by atoms with Gasteiger partial charge >= 0.3 is 0 Å². The van der Waals surface area contributed by atoms with Crippen LogP contribution in [0.5, 0.6) is 0 Å². The van der Waals surface area contributed by atoms with E-state index < -0.39 is 10.0 Å². The van der Waals surface area contributed by atoms with Gasteiger partial charge in [0.1, 0.15) is 5.82 Å². The highest BCUT2D eigenvalue weighted by Gasteiger charge is 2.34. The molecule has 2 aromatic carbocycles. The maximum Gasteiger partial charge on any atom is 0.243 e. The highest BCUT2D eigenvalue weighted by Crippen LogP contribution is 2.26. The van der Waals surface area contributed by atoms with E-state index in [9.17, 15) is 12.8 Å². The Morgan fingerprint density at radius 2 is 1.92 bits per heavy atom. The monoisotopic (exact) mass is 359 g/mol. The van der Waals surface area contributed by atoms with Gasteiger partial charge in [-0.15, -0.1) is 0 Å². The number of benzene rings is 2. The fourth-order valence-corrected chi connectivity index (χ4v) is 4.46. The normalized spacial score (nSPS) is 18.0. The summed E-state index contributed by atoms with van der Waals surface area (Å²) >= 11 is 0. The summed E-state index contributed by atoms with van der Waals surface area (Å²) in [4.78, 5) is 1.69. The van der Waals surface area contributed by atoms with Gasteiger partial charge in [0.15, 0.2) is 6.19 Å². The van der Waals surface area contributed by atoms with E-state index in [1.165, 1.54) is 33.5 Å². The van der Waals surface area contributed by atoms with Crippen LogP contribution in [0.25, 0.3) is 11.1 Å². The molecule has 1 unspecified atom stereocenters. The number of halogens is 1. The van der Waals surface area contributed by atoms with Gasteiger partial charge in [-0.05, 0) is 41.8 Å². The zero-order valence-corrected chi connectivity index (χ0v) is 14.6. The van der Waals surface area contributed by atoms with Crippen molar-refractivity contribution in [2.45, 2.75) is 17.4 Å². The molecular formula is C18H18FN3O2S. The van der Waals surface area contributed by atoms with Crippen molar-refractivity contribution >= 4 is 10.0 Å². The van der Waals surface area contributed by atoms with E-state index in [1.54, 1.807) is 31.3 Å². The first kappa shape index (κ1) is 17.4. The maximum absolute atomic E-state index is 13.3. The van der Waals surface area contributed by atoms with Crippen molar-refractivity contribution in [2.24, 2.45) is 0 Å². The van der Waals surface area contributed by atoms with E-state index in [0.29, 0.717) is 25.1 Å². The summed E-state index contributed by atoms with van der Waals surface area (Å²) in [6.45, 7) is 0.697. The largest absolute Gasteiger partial charge is 0.309 e. The summed E-state index contributed by atoms with van der Waals surface area (Å²) in [5.74, 6) is -0.334. The zero-order chi connectivity index (χ0) is 18.0. The molecule has 1 aliphatic heterocycles. The number of nitrogens with zero attached hydrogens (tertiary/aromatic N) is 3. The molecule has 3 rings (SSSR count). The molecule has 0 aliphatic carbocycles. The molecule has 7 heteroatoms. The minimum Gasteiger partial charge on any atom is -0.309 e. The first-order chi connectivity index (χ1) is 11.9. The van der Waals surface area contributed by atoms with Crippen molar-refractivity contribution in [3.8, 4) is 17.3 Å². The van der Waals surface area contributed by atoms with Gasteiger partial charge < -0.3 is 4.90 Å². The standard InChI is InChI=1S/C18H18FN3O2S/c1-21(13-20)17-9-10-22(12-17)25(23,24)18-7-5-14(6-8-18)15-3-2-4-16(19)11-15/h2-8,11,17H,9-10,12H2,1H3. The van der Waals surface area contributed by atoms with Gasteiger partial charge in [0.25, 0.3) is 0 Å². The molecule has 0 spiro atoms. The lowest BCUT2D eigenvalue weighted by Gasteiger charge is -2.19. The zero-order valence-electron chi connectivity index (χ0n) is 13.8. The molecular weight excluding hydrogens is 341 g/mol. The Labute approximate surface area is 147 Å². The minimum atomic E-state index is -3.60. The highest BCUT2D eigenvalue weighted by molar-refractivity contribution is 7.89. The second-order valence-electron chi connectivity index (χ2n) is 6.05. The number of hydrogen-bond acceptors (Lipinski definition) is 4. The summed E-state index contributed by atoms with van der Waals surface area (Å²) in [5.41, 5.74) is 1.45. The third kappa shape index (κ3) is 3.50. The van der Waals surface area contributed by atoms with Gasteiger partial charge in [0, 0.05) is 20.1 Å². The Kier molecular flexibility index (Phi) is 4.75. The topological polar surface area (TPSA) is 64.4 Å². The number of nitriles is 1. The third-order valence-corrected chi connectivity index (χ3v) is 6.36. The molecule has 5 nitrogen and oxygen atoms in total. The summed E-state index contributed by atoms with van der Waals surface area (Å²) in [6.07, 6.45) is 2.66. The number of sulfonamides is 1. The van der Waals surface area contributed by atoms with Crippen LogP contribution in [0.4, 0.5) is 4.39 Å². The predicted molar refractivity (Wildman–Crippen MR) is 92.4 cm³/mol. The number of likely N-dealkylation sites (N-methyl/N-ethyl adjacent to an activating group) is 1.